The van der Waals surface area contributed by atoms with Gasteiger partial charge >= 0.3 is 5.97 Å². The average Bonchev–Trinajstić information content (AvgIpc) is 3.01. The first-order valence-electron chi connectivity index (χ1n) is 8.86. The van der Waals surface area contributed by atoms with Gasteiger partial charge in [0.15, 0.2) is 0 Å². The highest BCUT2D eigenvalue weighted by Crippen LogP contribution is 2.28. The molecular formula is C20H21N3O4S. The molecule has 0 fully saturated rings. The third kappa shape index (κ3) is 3.96. The van der Waals surface area contributed by atoms with Crippen molar-refractivity contribution < 1.29 is 14.3 Å². The van der Waals surface area contributed by atoms with Crippen molar-refractivity contribution in [3.8, 4) is 0 Å². The van der Waals surface area contributed by atoms with Crippen molar-refractivity contribution >= 4 is 39.1 Å². The molecule has 2 aromatic heterocycles. The Bertz CT molecular complexity index is 1090. The van der Waals surface area contributed by atoms with E-state index in [0.29, 0.717) is 45.1 Å². The van der Waals surface area contributed by atoms with Crippen molar-refractivity contribution in [2.24, 2.45) is 0 Å². The normalized spacial score (nSPS) is 10.8. The topological polar surface area (TPSA) is 90.3 Å². The van der Waals surface area contributed by atoms with E-state index in [-0.39, 0.29) is 23.9 Å². The van der Waals surface area contributed by atoms with E-state index in [1.165, 1.54) is 18.4 Å². The Labute approximate surface area is 166 Å². The maximum Gasteiger partial charge on any atom is 0.305 e. The van der Waals surface area contributed by atoms with E-state index in [9.17, 15) is 14.4 Å². The van der Waals surface area contributed by atoms with Crippen LogP contribution in [0.3, 0.4) is 0 Å². The van der Waals surface area contributed by atoms with Gasteiger partial charge in [-0.1, -0.05) is 18.2 Å². The minimum atomic E-state index is -0.314. The van der Waals surface area contributed by atoms with Crippen LogP contribution in [0.25, 0.3) is 10.2 Å². The molecule has 3 rings (SSSR count). The average molecular weight is 399 g/mol. The molecule has 3 aromatic rings. The molecule has 0 unspecified atom stereocenters. The van der Waals surface area contributed by atoms with Gasteiger partial charge in [0.25, 0.3) is 11.5 Å². The second-order valence-corrected chi connectivity index (χ2v) is 7.35. The van der Waals surface area contributed by atoms with Crippen LogP contribution in [0.2, 0.25) is 0 Å². The zero-order chi connectivity index (χ0) is 20.3. The number of methoxy groups -OCH3 is 1. The van der Waals surface area contributed by atoms with E-state index in [4.69, 9.17) is 0 Å². The molecule has 0 aliphatic rings. The number of carbonyl (C=O) groups excluding carboxylic acids is 2. The summed E-state index contributed by atoms with van der Waals surface area (Å²) in [5.74, 6) is -0.0223. The molecule has 146 valence electrons. The second kappa shape index (κ2) is 8.35. The van der Waals surface area contributed by atoms with Crippen molar-refractivity contribution in [2.45, 2.75) is 33.2 Å². The predicted molar refractivity (Wildman–Crippen MR) is 109 cm³/mol. The van der Waals surface area contributed by atoms with Crippen LogP contribution >= 0.6 is 11.3 Å². The lowest BCUT2D eigenvalue weighted by Gasteiger charge is -2.09. The number of nitrogens with one attached hydrogen (secondary N) is 1. The van der Waals surface area contributed by atoms with Crippen LogP contribution in [-0.2, 0) is 16.1 Å². The highest BCUT2D eigenvalue weighted by Gasteiger charge is 2.20. The van der Waals surface area contributed by atoms with Crippen molar-refractivity contribution in [3.05, 3.63) is 57.0 Å². The fourth-order valence-corrected chi connectivity index (χ4v) is 4.10. The van der Waals surface area contributed by atoms with Crippen molar-refractivity contribution in [1.29, 1.82) is 0 Å². The van der Waals surface area contributed by atoms with Crippen LogP contribution in [0, 0.1) is 13.8 Å². The van der Waals surface area contributed by atoms with Crippen LogP contribution in [-0.4, -0.2) is 28.5 Å². The molecule has 8 heteroatoms. The Morgan fingerprint density at radius 1 is 1.21 bits per heavy atom. The number of thiophene rings is 1. The summed E-state index contributed by atoms with van der Waals surface area (Å²) in [5.41, 5.74) is 1.11. The number of carbonyl (C=O) groups is 2. The number of fused-ring (bicyclic) bond motifs is 1. The van der Waals surface area contributed by atoms with Crippen molar-refractivity contribution in [1.82, 2.24) is 9.55 Å². The van der Waals surface area contributed by atoms with Crippen LogP contribution in [0.4, 0.5) is 5.69 Å². The molecule has 0 bridgehead atoms. The molecule has 0 aliphatic heterocycles. The number of para-hydroxylation sites is 1. The minimum absolute atomic E-state index is 0.195. The van der Waals surface area contributed by atoms with E-state index < -0.39 is 0 Å². The SMILES string of the molecule is COC(=O)CCCn1c(C)nc2sc(C(=O)Nc3ccccc3)c(C)c2c1=O. The zero-order valence-electron chi connectivity index (χ0n) is 15.9. The maximum absolute atomic E-state index is 13.0. The zero-order valence-corrected chi connectivity index (χ0v) is 16.8. The monoisotopic (exact) mass is 399 g/mol. The summed E-state index contributed by atoms with van der Waals surface area (Å²) in [4.78, 5) is 42.5. The summed E-state index contributed by atoms with van der Waals surface area (Å²) in [6, 6.07) is 9.15. The van der Waals surface area contributed by atoms with E-state index >= 15 is 0 Å². The number of hydrogen-bond donors (Lipinski definition) is 1. The molecule has 7 nitrogen and oxygen atoms in total. The number of esters is 1. The third-order valence-corrected chi connectivity index (χ3v) is 5.65. The van der Waals surface area contributed by atoms with Gasteiger partial charge in [0, 0.05) is 18.7 Å². The quantitative estimate of drug-likeness (QED) is 0.643. The summed E-state index contributed by atoms with van der Waals surface area (Å²) >= 11 is 1.21. The number of anilines is 1. The fourth-order valence-electron chi connectivity index (χ4n) is 2.99. The largest absolute Gasteiger partial charge is 0.469 e. The molecule has 0 spiro atoms. The van der Waals surface area contributed by atoms with Gasteiger partial charge in [-0.2, -0.15) is 0 Å². The van der Waals surface area contributed by atoms with E-state index in [1.54, 1.807) is 30.5 Å². The summed E-state index contributed by atoms with van der Waals surface area (Å²) < 4.78 is 6.18. The standard InChI is InChI=1S/C20H21N3O4S/c1-12-16-19(28-17(12)18(25)22-14-8-5-4-6-9-14)21-13(2)23(20(16)26)11-7-10-15(24)27-3/h4-6,8-9H,7,10-11H2,1-3H3,(H,22,25). The number of aromatic nitrogens is 2. The highest BCUT2D eigenvalue weighted by molar-refractivity contribution is 7.20. The number of amides is 1. The molecule has 1 aromatic carbocycles. The second-order valence-electron chi connectivity index (χ2n) is 6.35. The predicted octanol–water partition coefficient (Wildman–Crippen LogP) is 3.28. The Kier molecular flexibility index (Phi) is 5.89. The van der Waals surface area contributed by atoms with Gasteiger partial charge in [0.1, 0.15) is 10.7 Å². The highest BCUT2D eigenvalue weighted by atomic mass is 32.1. The van der Waals surface area contributed by atoms with Crippen LogP contribution in [0.5, 0.6) is 0 Å². The number of rotatable bonds is 6. The van der Waals surface area contributed by atoms with Gasteiger partial charge < -0.3 is 10.1 Å². The Hall–Kier alpha value is -3.00. The molecular weight excluding hydrogens is 378 g/mol. The Morgan fingerprint density at radius 2 is 1.93 bits per heavy atom. The Morgan fingerprint density at radius 3 is 2.61 bits per heavy atom. The first-order valence-corrected chi connectivity index (χ1v) is 9.67. The van der Waals surface area contributed by atoms with Gasteiger partial charge in [0.2, 0.25) is 0 Å². The minimum Gasteiger partial charge on any atom is -0.469 e. The van der Waals surface area contributed by atoms with E-state index in [0.717, 1.165) is 0 Å². The van der Waals surface area contributed by atoms with Crippen LogP contribution in [0.1, 0.15) is 33.9 Å². The lowest BCUT2D eigenvalue weighted by molar-refractivity contribution is -0.140. The van der Waals surface area contributed by atoms with E-state index in [2.05, 4.69) is 15.0 Å². The number of benzene rings is 1. The molecule has 0 saturated heterocycles. The van der Waals surface area contributed by atoms with Crippen LogP contribution < -0.4 is 10.9 Å². The van der Waals surface area contributed by atoms with Gasteiger partial charge in [-0.25, -0.2) is 4.98 Å². The van der Waals surface area contributed by atoms with E-state index in [1.807, 2.05) is 18.2 Å². The number of nitrogens with zero attached hydrogens (tertiary/aromatic N) is 2. The molecule has 0 aliphatic carbocycles. The van der Waals surface area contributed by atoms with Crippen molar-refractivity contribution in [2.75, 3.05) is 12.4 Å². The van der Waals surface area contributed by atoms with Gasteiger partial charge in [0.05, 0.1) is 17.4 Å². The fraction of sp³-hybridized carbons (Fsp3) is 0.300. The molecule has 28 heavy (non-hydrogen) atoms. The molecule has 1 amide bonds. The number of hydrogen-bond acceptors (Lipinski definition) is 6. The third-order valence-electron chi connectivity index (χ3n) is 4.47. The summed E-state index contributed by atoms with van der Waals surface area (Å²) in [6.07, 6.45) is 0.707. The first kappa shape index (κ1) is 19.8. The lowest BCUT2D eigenvalue weighted by atomic mass is 10.2. The summed E-state index contributed by atoms with van der Waals surface area (Å²) in [6.45, 7) is 3.87. The lowest BCUT2D eigenvalue weighted by Crippen LogP contribution is -2.24. The van der Waals surface area contributed by atoms with Crippen molar-refractivity contribution in [3.63, 3.8) is 0 Å². The molecule has 0 saturated carbocycles. The maximum atomic E-state index is 13.0. The molecule has 0 radical (unpaired) electrons. The first-order chi connectivity index (χ1) is 13.4. The number of ether oxygens (including phenoxy) is 1. The molecule has 0 atom stereocenters. The molecule has 2 heterocycles. The summed E-state index contributed by atoms with van der Waals surface area (Å²) in [5, 5.41) is 3.30. The van der Waals surface area contributed by atoms with Crippen LogP contribution in [0.15, 0.2) is 35.1 Å². The van der Waals surface area contributed by atoms with Gasteiger partial charge in [-0.05, 0) is 38.0 Å². The summed E-state index contributed by atoms with van der Waals surface area (Å²) in [7, 11) is 1.34. The number of aryl methyl sites for hydroxylation is 2. The smallest absolute Gasteiger partial charge is 0.305 e. The molecule has 1 N–H and O–H groups in total. The van der Waals surface area contributed by atoms with Gasteiger partial charge in [-0.3, -0.25) is 19.0 Å². The van der Waals surface area contributed by atoms with Gasteiger partial charge in [-0.15, -0.1) is 11.3 Å². The Balaban J connectivity index is 1.92.